The fourth-order valence-electron chi connectivity index (χ4n) is 3.18. The van der Waals surface area contributed by atoms with Crippen LogP contribution in [0.1, 0.15) is 31.7 Å². The standard InChI is InChI=1S/C16H22ClFN2/c1-2-14-8-19-16(11-3-4-11)10-20(14)9-12-7-13(18)5-6-15(12)17/h5-7,11,14,16,19H,2-4,8-10H2,1H3. The summed E-state index contributed by atoms with van der Waals surface area (Å²) in [5, 5.41) is 4.34. The molecule has 1 aliphatic heterocycles. The molecule has 3 rings (SSSR count). The summed E-state index contributed by atoms with van der Waals surface area (Å²) in [7, 11) is 0. The highest BCUT2D eigenvalue weighted by atomic mass is 35.5. The van der Waals surface area contributed by atoms with Gasteiger partial charge in [-0.25, -0.2) is 4.39 Å². The lowest BCUT2D eigenvalue weighted by Gasteiger charge is -2.40. The van der Waals surface area contributed by atoms with Gasteiger partial charge >= 0.3 is 0 Å². The molecule has 0 aromatic heterocycles. The topological polar surface area (TPSA) is 15.3 Å². The summed E-state index contributed by atoms with van der Waals surface area (Å²) in [5.41, 5.74) is 0.904. The lowest BCUT2D eigenvalue weighted by atomic mass is 10.0. The molecule has 1 heterocycles. The highest BCUT2D eigenvalue weighted by molar-refractivity contribution is 6.31. The number of piperazine rings is 1. The van der Waals surface area contributed by atoms with Gasteiger partial charge in [-0.2, -0.15) is 0 Å². The van der Waals surface area contributed by atoms with Crippen LogP contribution >= 0.6 is 11.6 Å². The van der Waals surface area contributed by atoms with E-state index in [0.717, 1.165) is 37.5 Å². The van der Waals surface area contributed by atoms with Crippen LogP contribution in [-0.4, -0.2) is 30.1 Å². The number of rotatable bonds is 4. The fraction of sp³-hybridized carbons (Fsp3) is 0.625. The molecule has 1 aromatic rings. The summed E-state index contributed by atoms with van der Waals surface area (Å²) in [6, 6.07) is 5.78. The second-order valence-corrected chi connectivity index (χ2v) is 6.49. The molecule has 110 valence electrons. The van der Waals surface area contributed by atoms with E-state index in [0.29, 0.717) is 17.1 Å². The van der Waals surface area contributed by atoms with Crippen molar-refractivity contribution in [2.24, 2.45) is 5.92 Å². The maximum absolute atomic E-state index is 13.4. The van der Waals surface area contributed by atoms with E-state index < -0.39 is 0 Å². The minimum absolute atomic E-state index is 0.202. The van der Waals surface area contributed by atoms with Crippen molar-refractivity contribution in [3.05, 3.63) is 34.6 Å². The molecule has 2 atom stereocenters. The highest BCUT2D eigenvalue weighted by Crippen LogP contribution is 2.35. The van der Waals surface area contributed by atoms with Crippen LogP contribution in [0.3, 0.4) is 0 Å². The normalized spacial score (nSPS) is 27.8. The summed E-state index contributed by atoms with van der Waals surface area (Å²) in [6.45, 7) is 5.05. The first-order valence-corrected chi connectivity index (χ1v) is 7.96. The Kier molecular flexibility index (Phi) is 4.29. The maximum Gasteiger partial charge on any atom is 0.123 e. The first kappa shape index (κ1) is 14.3. The van der Waals surface area contributed by atoms with Crippen molar-refractivity contribution in [3.63, 3.8) is 0 Å². The van der Waals surface area contributed by atoms with Gasteiger partial charge < -0.3 is 5.32 Å². The zero-order valence-corrected chi connectivity index (χ0v) is 12.7. The van der Waals surface area contributed by atoms with E-state index in [1.165, 1.54) is 18.9 Å². The number of halogens is 2. The van der Waals surface area contributed by atoms with Gasteiger partial charge in [0.1, 0.15) is 5.82 Å². The van der Waals surface area contributed by atoms with Crippen molar-refractivity contribution in [2.75, 3.05) is 13.1 Å². The Morgan fingerprint density at radius 3 is 2.90 bits per heavy atom. The van der Waals surface area contributed by atoms with Gasteiger partial charge in [0, 0.05) is 36.7 Å². The third-order valence-electron chi connectivity index (χ3n) is 4.61. The van der Waals surface area contributed by atoms with Crippen LogP contribution in [-0.2, 0) is 6.54 Å². The van der Waals surface area contributed by atoms with Gasteiger partial charge in [0.05, 0.1) is 0 Å². The van der Waals surface area contributed by atoms with E-state index in [9.17, 15) is 4.39 Å². The van der Waals surface area contributed by atoms with Crippen LogP contribution in [0.15, 0.2) is 18.2 Å². The second-order valence-electron chi connectivity index (χ2n) is 6.08. The highest BCUT2D eigenvalue weighted by Gasteiger charge is 2.36. The van der Waals surface area contributed by atoms with E-state index >= 15 is 0 Å². The molecule has 1 aliphatic carbocycles. The molecule has 2 aliphatic rings. The fourth-order valence-corrected chi connectivity index (χ4v) is 3.35. The third kappa shape index (κ3) is 3.16. The van der Waals surface area contributed by atoms with Crippen LogP contribution in [0, 0.1) is 11.7 Å². The Morgan fingerprint density at radius 2 is 2.20 bits per heavy atom. The Morgan fingerprint density at radius 1 is 1.40 bits per heavy atom. The van der Waals surface area contributed by atoms with Crippen LogP contribution in [0.5, 0.6) is 0 Å². The van der Waals surface area contributed by atoms with Crippen LogP contribution in [0.4, 0.5) is 4.39 Å². The molecule has 1 N–H and O–H groups in total. The molecule has 0 bridgehead atoms. The molecule has 20 heavy (non-hydrogen) atoms. The average molecular weight is 297 g/mol. The minimum Gasteiger partial charge on any atom is -0.311 e. The van der Waals surface area contributed by atoms with Gasteiger partial charge in [0.15, 0.2) is 0 Å². The number of hydrogen-bond donors (Lipinski definition) is 1. The largest absolute Gasteiger partial charge is 0.311 e. The van der Waals surface area contributed by atoms with Gasteiger partial charge in [0.25, 0.3) is 0 Å². The van der Waals surface area contributed by atoms with Crippen LogP contribution in [0.25, 0.3) is 0 Å². The maximum atomic E-state index is 13.4. The molecular weight excluding hydrogens is 275 g/mol. The smallest absolute Gasteiger partial charge is 0.123 e. The first-order valence-electron chi connectivity index (χ1n) is 7.58. The third-order valence-corrected chi connectivity index (χ3v) is 4.98. The number of benzene rings is 1. The summed E-state index contributed by atoms with van der Waals surface area (Å²) >= 11 is 6.21. The molecule has 0 spiro atoms. The van der Waals surface area contributed by atoms with Crippen LogP contribution in [0.2, 0.25) is 5.02 Å². The predicted molar refractivity (Wildman–Crippen MR) is 80.4 cm³/mol. The van der Waals surface area contributed by atoms with Crippen LogP contribution < -0.4 is 5.32 Å². The van der Waals surface area contributed by atoms with E-state index in [1.807, 2.05) is 0 Å². The molecule has 2 nitrogen and oxygen atoms in total. The molecule has 1 saturated heterocycles. The minimum atomic E-state index is -0.202. The molecule has 2 unspecified atom stereocenters. The number of nitrogens with one attached hydrogen (secondary N) is 1. The van der Waals surface area contributed by atoms with Crippen molar-refractivity contribution in [2.45, 2.75) is 44.8 Å². The molecule has 0 radical (unpaired) electrons. The van der Waals surface area contributed by atoms with Crippen molar-refractivity contribution in [1.29, 1.82) is 0 Å². The van der Waals surface area contributed by atoms with Crippen molar-refractivity contribution in [1.82, 2.24) is 10.2 Å². The second kappa shape index (κ2) is 6.00. The van der Waals surface area contributed by atoms with E-state index in [4.69, 9.17) is 11.6 Å². The molecule has 4 heteroatoms. The zero-order chi connectivity index (χ0) is 14.1. The molecular formula is C16H22ClFN2. The lowest BCUT2D eigenvalue weighted by Crippen LogP contribution is -2.56. The lowest BCUT2D eigenvalue weighted by molar-refractivity contribution is 0.111. The first-order chi connectivity index (χ1) is 9.67. The molecule has 2 fully saturated rings. The van der Waals surface area contributed by atoms with Crippen molar-refractivity contribution in [3.8, 4) is 0 Å². The average Bonchev–Trinajstić information content (AvgIpc) is 3.27. The van der Waals surface area contributed by atoms with E-state index in [-0.39, 0.29) is 5.82 Å². The summed E-state index contributed by atoms with van der Waals surface area (Å²) in [5.74, 6) is 0.643. The molecule has 1 aromatic carbocycles. The van der Waals surface area contributed by atoms with Gasteiger partial charge in [-0.1, -0.05) is 18.5 Å². The Balaban J connectivity index is 1.73. The van der Waals surface area contributed by atoms with Gasteiger partial charge in [-0.05, 0) is 48.9 Å². The molecule has 0 amide bonds. The number of hydrogen-bond acceptors (Lipinski definition) is 2. The summed E-state index contributed by atoms with van der Waals surface area (Å²) < 4.78 is 13.4. The Labute approximate surface area is 125 Å². The zero-order valence-electron chi connectivity index (χ0n) is 11.9. The van der Waals surface area contributed by atoms with E-state index in [1.54, 1.807) is 12.1 Å². The van der Waals surface area contributed by atoms with Gasteiger partial charge in [-0.15, -0.1) is 0 Å². The van der Waals surface area contributed by atoms with Crippen molar-refractivity contribution < 1.29 is 4.39 Å². The summed E-state index contributed by atoms with van der Waals surface area (Å²) in [4.78, 5) is 2.47. The van der Waals surface area contributed by atoms with Gasteiger partial charge in [-0.3, -0.25) is 4.90 Å². The predicted octanol–water partition coefficient (Wildman–Crippen LogP) is 3.44. The van der Waals surface area contributed by atoms with Crippen molar-refractivity contribution >= 4 is 11.6 Å². The van der Waals surface area contributed by atoms with Gasteiger partial charge in [0.2, 0.25) is 0 Å². The number of nitrogens with zero attached hydrogens (tertiary/aromatic N) is 1. The summed E-state index contributed by atoms with van der Waals surface area (Å²) in [6.07, 6.45) is 3.81. The molecule has 1 saturated carbocycles. The monoisotopic (exact) mass is 296 g/mol. The SMILES string of the molecule is CCC1CNC(C2CC2)CN1Cc1cc(F)ccc1Cl. The Bertz CT molecular complexity index is 476. The quantitative estimate of drug-likeness (QED) is 0.915. The Hall–Kier alpha value is -0.640. The van der Waals surface area contributed by atoms with E-state index in [2.05, 4.69) is 17.1 Å².